The number of nitrogens with one attached hydrogen (secondary N) is 1. The predicted octanol–water partition coefficient (Wildman–Crippen LogP) is 2.48. The largest absolute Gasteiger partial charge is 0.493 e. The monoisotopic (exact) mass is 414 g/mol. The zero-order valence-electron chi connectivity index (χ0n) is 16.3. The average molecular weight is 414 g/mol. The van der Waals surface area contributed by atoms with Crippen LogP contribution in [-0.2, 0) is 20.9 Å². The van der Waals surface area contributed by atoms with Crippen molar-refractivity contribution in [2.45, 2.75) is 6.61 Å². The summed E-state index contributed by atoms with van der Waals surface area (Å²) in [6.07, 6.45) is 1.45. The summed E-state index contributed by atoms with van der Waals surface area (Å²) in [5.41, 5.74) is 0.954. The predicted molar refractivity (Wildman–Crippen MR) is 104 cm³/mol. The van der Waals surface area contributed by atoms with E-state index in [0.717, 1.165) is 4.90 Å². The molecule has 0 unspecified atom stereocenters. The normalized spacial score (nSPS) is 14.6. The van der Waals surface area contributed by atoms with Gasteiger partial charge in [0, 0.05) is 5.56 Å². The maximum Gasteiger partial charge on any atom is 0.329 e. The van der Waals surface area contributed by atoms with Crippen molar-refractivity contribution in [2.75, 3.05) is 20.8 Å². The van der Waals surface area contributed by atoms with E-state index in [0.29, 0.717) is 22.6 Å². The molecule has 1 fully saturated rings. The summed E-state index contributed by atoms with van der Waals surface area (Å²) in [6.45, 7) is -0.467. The zero-order valence-corrected chi connectivity index (χ0v) is 16.3. The first kappa shape index (κ1) is 20.8. The molecule has 0 bridgehead atoms. The van der Waals surface area contributed by atoms with Gasteiger partial charge >= 0.3 is 12.0 Å². The molecule has 0 radical (unpaired) electrons. The fourth-order valence-corrected chi connectivity index (χ4v) is 2.74. The second kappa shape index (κ2) is 9.08. The highest BCUT2D eigenvalue weighted by atomic mass is 19.1. The SMILES string of the molecule is COC(=O)CN1C(=O)N/C(=C/c2ccc(OCc3ccccc3F)c(OC)c2)C1=O. The van der Waals surface area contributed by atoms with E-state index in [2.05, 4.69) is 10.1 Å². The summed E-state index contributed by atoms with van der Waals surface area (Å²) in [4.78, 5) is 36.4. The van der Waals surface area contributed by atoms with Crippen LogP contribution < -0.4 is 14.8 Å². The topological polar surface area (TPSA) is 94.2 Å². The van der Waals surface area contributed by atoms with E-state index in [1.807, 2.05) is 0 Å². The maximum atomic E-state index is 13.7. The minimum Gasteiger partial charge on any atom is -0.493 e. The molecule has 0 aliphatic carbocycles. The standard InChI is InChI=1S/C21H19FN2O6/c1-28-18-10-13(7-8-17(18)30-12-14-5-3-4-6-15(14)22)9-16-20(26)24(21(27)23-16)11-19(25)29-2/h3-10H,11-12H2,1-2H3,(H,23,27)/b16-9+. The summed E-state index contributed by atoms with van der Waals surface area (Å²) < 4.78 is 29.2. The molecule has 0 saturated carbocycles. The number of imide groups is 1. The molecule has 8 nitrogen and oxygen atoms in total. The first-order valence-electron chi connectivity index (χ1n) is 8.88. The van der Waals surface area contributed by atoms with E-state index >= 15 is 0 Å². The summed E-state index contributed by atoms with van der Waals surface area (Å²) in [6, 6.07) is 10.4. The molecular formula is C21H19FN2O6. The summed E-state index contributed by atoms with van der Waals surface area (Å²) in [5, 5.41) is 2.41. The third kappa shape index (κ3) is 4.57. The minimum absolute atomic E-state index is 0.00554. The number of hydrogen-bond acceptors (Lipinski definition) is 6. The smallest absolute Gasteiger partial charge is 0.329 e. The highest BCUT2D eigenvalue weighted by Crippen LogP contribution is 2.30. The van der Waals surface area contributed by atoms with Gasteiger partial charge in [-0.25, -0.2) is 14.1 Å². The Hall–Kier alpha value is -3.88. The van der Waals surface area contributed by atoms with Crippen LogP contribution in [0, 0.1) is 5.82 Å². The molecule has 156 valence electrons. The van der Waals surface area contributed by atoms with E-state index in [4.69, 9.17) is 9.47 Å². The molecule has 1 heterocycles. The average Bonchev–Trinajstić information content (AvgIpc) is 3.00. The lowest BCUT2D eigenvalue weighted by atomic mass is 10.1. The van der Waals surface area contributed by atoms with E-state index in [-0.39, 0.29) is 18.1 Å². The van der Waals surface area contributed by atoms with Gasteiger partial charge in [-0.15, -0.1) is 0 Å². The number of nitrogens with zero attached hydrogens (tertiary/aromatic N) is 1. The second-order valence-electron chi connectivity index (χ2n) is 6.25. The lowest BCUT2D eigenvalue weighted by molar-refractivity contribution is -0.143. The quantitative estimate of drug-likeness (QED) is 0.425. The van der Waals surface area contributed by atoms with Crippen LogP contribution in [0.4, 0.5) is 9.18 Å². The molecule has 1 saturated heterocycles. The first-order chi connectivity index (χ1) is 14.4. The number of hydrogen-bond donors (Lipinski definition) is 1. The van der Waals surface area contributed by atoms with Gasteiger partial charge in [-0.05, 0) is 29.8 Å². The van der Waals surface area contributed by atoms with Gasteiger partial charge in [0.25, 0.3) is 5.91 Å². The molecule has 0 aromatic heterocycles. The Balaban J connectivity index is 1.76. The number of methoxy groups -OCH3 is 2. The van der Waals surface area contributed by atoms with Gasteiger partial charge in [0.2, 0.25) is 0 Å². The van der Waals surface area contributed by atoms with Gasteiger partial charge < -0.3 is 19.5 Å². The molecule has 9 heteroatoms. The Labute approximate surface area is 171 Å². The van der Waals surface area contributed by atoms with Crippen LogP contribution in [0.25, 0.3) is 6.08 Å². The molecule has 30 heavy (non-hydrogen) atoms. The summed E-state index contributed by atoms with van der Waals surface area (Å²) >= 11 is 0. The number of benzene rings is 2. The number of carbonyl (C=O) groups excluding carboxylic acids is 3. The number of urea groups is 1. The van der Waals surface area contributed by atoms with Crippen molar-refractivity contribution in [1.82, 2.24) is 10.2 Å². The van der Waals surface area contributed by atoms with E-state index in [9.17, 15) is 18.8 Å². The van der Waals surface area contributed by atoms with Crippen molar-refractivity contribution in [2.24, 2.45) is 0 Å². The van der Waals surface area contributed by atoms with Gasteiger partial charge in [0.1, 0.15) is 24.7 Å². The Morgan fingerprint density at radius 1 is 1.13 bits per heavy atom. The van der Waals surface area contributed by atoms with Crippen LogP contribution in [0.1, 0.15) is 11.1 Å². The number of esters is 1. The van der Waals surface area contributed by atoms with Gasteiger partial charge in [0.15, 0.2) is 11.5 Å². The molecule has 3 rings (SSSR count). The Bertz CT molecular complexity index is 1020. The highest BCUT2D eigenvalue weighted by molar-refractivity contribution is 6.15. The highest BCUT2D eigenvalue weighted by Gasteiger charge is 2.35. The van der Waals surface area contributed by atoms with Crippen LogP contribution in [0.15, 0.2) is 48.2 Å². The van der Waals surface area contributed by atoms with Crippen LogP contribution in [0.5, 0.6) is 11.5 Å². The third-order valence-corrected chi connectivity index (χ3v) is 4.32. The molecule has 1 aliphatic heterocycles. The van der Waals surface area contributed by atoms with Crippen molar-refractivity contribution in [3.05, 3.63) is 65.1 Å². The molecule has 1 aliphatic rings. The summed E-state index contributed by atoms with van der Waals surface area (Å²) in [5.74, 6) is -0.979. The Kier molecular flexibility index (Phi) is 6.31. The number of amides is 3. The number of halogens is 1. The number of rotatable bonds is 7. The van der Waals surface area contributed by atoms with Crippen molar-refractivity contribution in [1.29, 1.82) is 0 Å². The molecule has 2 aromatic carbocycles. The minimum atomic E-state index is -0.714. The Morgan fingerprint density at radius 3 is 2.60 bits per heavy atom. The van der Waals surface area contributed by atoms with Crippen molar-refractivity contribution < 1.29 is 33.0 Å². The Morgan fingerprint density at radius 2 is 1.90 bits per heavy atom. The van der Waals surface area contributed by atoms with Crippen molar-refractivity contribution in [3.8, 4) is 11.5 Å². The lowest BCUT2D eigenvalue weighted by Gasteiger charge is -2.12. The second-order valence-corrected chi connectivity index (χ2v) is 6.25. The van der Waals surface area contributed by atoms with Crippen molar-refractivity contribution in [3.63, 3.8) is 0 Å². The maximum absolute atomic E-state index is 13.7. The molecule has 0 atom stereocenters. The van der Waals surface area contributed by atoms with E-state index < -0.39 is 24.5 Å². The van der Waals surface area contributed by atoms with Gasteiger partial charge in [-0.3, -0.25) is 9.59 Å². The van der Waals surface area contributed by atoms with Crippen LogP contribution in [0.2, 0.25) is 0 Å². The summed E-state index contributed by atoms with van der Waals surface area (Å²) in [7, 11) is 2.61. The van der Waals surface area contributed by atoms with E-state index in [1.165, 1.54) is 26.4 Å². The number of carbonyl (C=O) groups is 3. The fraction of sp³-hybridized carbons (Fsp3) is 0.190. The van der Waals surface area contributed by atoms with E-state index in [1.54, 1.807) is 36.4 Å². The molecule has 0 spiro atoms. The van der Waals surface area contributed by atoms with Crippen molar-refractivity contribution >= 4 is 24.0 Å². The van der Waals surface area contributed by atoms with Crippen LogP contribution in [-0.4, -0.2) is 43.6 Å². The van der Waals surface area contributed by atoms with Gasteiger partial charge in [-0.2, -0.15) is 0 Å². The molecular weight excluding hydrogens is 395 g/mol. The van der Waals surface area contributed by atoms with Gasteiger partial charge in [0.05, 0.1) is 14.2 Å². The van der Waals surface area contributed by atoms with Gasteiger partial charge in [-0.1, -0.05) is 24.3 Å². The van der Waals surface area contributed by atoms with Crippen LogP contribution >= 0.6 is 0 Å². The van der Waals surface area contributed by atoms with Crippen LogP contribution in [0.3, 0.4) is 0 Å². The molecule has 2 aromatic rings. The first-order valence-corrected chi connectivity index (χ1v) is 8.88. The zero-order chi connectivity index (χ0) is 21.7. The third-order valence-electron chi connectivity index (χ3n) is 4.32. The molecule has 1 N–H and O–H groups in total. The lowest BCUT2D eigenvalue weighted by Crippen LogP contribution is -2.36. The fourth-order valence-electron chi connectivity index (χ4n) is 2.74. The molecule has 3 amide bonds. The number of ether oxygens (including phenoxy) is 3.